The minimum absolute atomic E-state index is 0.724. The van der Waals surface area contributed by atoms with Crippen LogP contribution in [0.15, 0.2) is 30.3 Å². The quantitative estimate of drug-likeness (QED) is 0.791. The summed E-state index contributed by atoms with van der Waals surface area (Å²) in [4.78, 5) is 0. The molecule has 5 heteroatoms. The summed E-state index contributed by atoms with van der Waals surface area (Å²) in [6, 6.07) is 10.0. The summed E-state index contributed by atoms with van der Waals surface area (Å²) >= 11 is 0. The number of benzene rings is 2. The standard InChI is InChI=1S/C19H22NO4/c1-21-16-6-5-15(11-19(16)24-4)20-8-7-13-9-17(22-2)18(23-3)10-14(13)12-20/h5-6,9-12H,7-8H2,1-4H3/q+1. The van der Waals surface area contributed by atoms with Gasteiger partial charge in [-0.05, 0) is 23.8 Å². The van der Waals surface area contributed by atoms with Crippen molar-refractivity contribution in [1.82, 2.24) is 0 Å². The van der Waals surface area contributed by atoms with Crippen LogP contribution in [0.1, 0.15) is 11.1 Å². The van der Waals surface area contributed by atoms with Gasteiger partial charge in [0.25, 0.3) is 0 Å². The molecule has 2 aromatic carbocycles. The molecule has 126 valence electrons. The lowest BCUT2D eigenvalue weighted by atomic mass is 10.0. The second-order valence-corrected chi connectivity index (χ2v) is 5.52. The summed E-state index contributed by atoms with van der Waals surface area (Å²) in [5, 5.41) is 0. The highest BCUT2D eigenvalue weighted by Crippen LogP contribution is 2.34. The molecule has 0 spiro atoms. The molecule has 2 aromatic rings. The zero-order chi connectivity index (χ0) is 17.1. The smallest absolute Gasteiger partial charge is 0.209 e. The van der Waals surface area contributed by atoms with Crippen LogP contribution < -0.4 is 18.9 Å². The number of hydrogen-bond acceptors (Lipinski definition) is 4. The Morgan fingerprint density at radius 1 is 0.750 bits per heavy atom. The second-order valence-electron chi connectivity index (χ2n) is 5.52. The fourth-order valence-electron chi connectivity index (χ4n) is 2.95. The molecular weight excluding hydrogens is 306 g/mol. The summed E-state index contributed by atoms with van der Waals surface area (Å²) in [6.45, 7) is 0.887. The first-order valence-corrected chi connectivity index (χ1v) is 7.78. The molecule has 24 heavy (non-hydrogen) atoms. The lowest BCUT2D eigenvalue weighted by Crippen LogP contribution is -2.19. The van der Waals surface area contributed by atoms with Crippen LogP contribution in [0.3, 0.4) is 0 Å². The van der Waals surface area contributed by atoms with Crippen molar-refractivity contribution in [2.24, 2.45) is 0 Å². The van der Waals surface area contributed by atoms with E-state index < -0.39 is 0 Å². The predicted octanol–water partition coefficient (Wildman–Crippen LogP) is 3.04. The minimum Gasteiger partial charge on any atom is -0.493 e. The SMILES string of the molecule is COc1ccc([N+]2=Cc3cc(OC)c(OC)cc3CC2)cc1OC. The van der Waals surface area contributed by atoms with Gasteiger partial charge in [0.1, 0.15) is 0 Å². The maximum Gasteiger partial charge on any atom is 0.209 e. The van der Waals surface area contributed by atoms with Gasteiger partial charge in [-0.15, -0.1) is 0 Å². The van der Waals surface area contributed by atoms with Gasteiger partial charge in [-0.2, -0.15) is 4.58 Å². The van der Waals surface area contributed by atoms with Crippen LogP contribution in [-0.4, -0.2) is 45.8 Å². The number of rotatable bonds is 5. The Hall–Kier alpha value is -2.69. The van der Waals surface area contributed by atoms with Gasteiger partial charge >= 0.3 is 0 Å². The molecule has 0 atom stereocenters. The molecular formula is C19H22NO4+. The highest BCUT2D eigenvalue weighted by Gasteiger charge is 2.22. The third-order valence-corrected chi connectivity index (χ3v) is 4.26. The van der Waals surface area contributed by atoms with E-state index in [9.17, 15) is 0 Å². The van der Waals surface area contributed by atoms with E-state index in [1.165, 1.54) is 5.56 Å². The van der Waals surface area contributed by atoms with Crippen molar-refractivity contribution in [1.29, 1.82) is 0 Å². The molecule has 1 heterocycles. The summed E-state index contributed by atoms with van der Waals surface area (Å²) in [6.07, 6.45) is 3.06. The minimum atomic E-state index is 0.724. The highest BCUT2D eigenvalue weighted by atomic mass is 16.5. The largest absolute Gasteiger partial charge is 0.493 e. The van der Waals surface area contributed by atoms with Gasteiger partial charge in [0.15, 0.2) is 35.8 Å². The van der Waals surface area contributed by atoms with Gasteiger partial charge in [0, 0.05) is 18.1 Å². The third-order valence-electron chi connectivity index (χ3n) is 4.26. The summed E-state index contributed by atoms with van der Waals surface area (Å²) in [5.41, 5.74) is 3.45. The van der Waals surface area contributed by atoms with Crippen LogP contribution in [0.25, 0.3) is 0 Å². The Balaban J connectivity index is 2.01. The molecule has 0 radical (unpaired) electrons. The van der Waals surface area contributed by atoms with Gasteiger partial charge in [0.05, 0.1) is 34.5 Å². The monoisotopic (exact) mass is 328 g/mol. The Labute approximate surface area is 142 Å². The fourth-order valence-corrected chi connectivity index (χ4v) is 2.95. The van der Waals surface area contributed by atoms with Crippen molar-refractivity contribution in [2.75, 3.05) is 35.0 Å². The number of ether oxygens (including phenoxy) is 4. The van der Waals surface area contributed by atoms with E-state index in [1.54, 1.807) is 28.4 Å². The molecule has 0 bridgehead atoms. The number of nitrogens with zero attached hydrogens (tertiary/aromatic N) is 1. The van der Waals surface area contributed by atoms with E-state index in [0.717, 1.165) is 47.2 Å². The Morgan fingerprint density at radius 3 is 2.04 bits per heavy atom. The van der Waals surface area contributed by atoms with Crippen LogP contribution in [0, 0.1) is 0 Å². The number of fused-ring (bicyclic) bond motifs is 1. The lowest BCUT2D eigenvalue weighted by molar-refractivity contribution is -0.436. The van der Waals surface area contributed by atoms with Crippen molar-refractivity contribution >= 4 is 11.9 Å². The molecule has 0 N–H and O–H groups in total. The zero-order valence-corrected chi connectivity index (χ0v) is 14.5. The molecule has 0 fully saturated rings. The van der Waals surface area contributed by atoms with Crippen molar-refractivity contribution < 1.29 is 23.5 Å². The third kappa shape index (κ3) is 2.89. The van der Waals surface area contributed by atoms with E-state index in [1.807, 2.05) is 24.3 Å². The molecule has 0 saturated heterocycles. The van der Waals surface area contributed by atoms with Crippen molar-refractivity contribution in [3.8, 4) is 23.0 Å². The average molecular weight is 328 g/mol. The normalized spacial score (nSPS) is 12.9. The van der Waals surface area contributed by atoms with Crippen LogP contribution in [-0.2, 0) is 6.42 Å². The highest BCUT2D eigenvalue weighted by molar-refractivity contribution is 5.81. The molecule has 0 amide bonds. The van der Waals surface area contributed by atoms with Crippen LogP contribution in [0.5, 0.6) is 23.0 Å². The van der Waals surface area contributed by atoms with Crippen molar-refractivity contribution in [3.05, 3.63) is 41.5 Å². The van der Waals surface area contributed by atoms with Gasteiger partial charge in [0.2, 0.25) is 5.69 Å². The van der Waals surface area contributed by atoms with Crippen LogP contribution >= 0.6 is 0 Å². The zero-order valence-electron chi connectivity index (χ0n) is 14.5. The average Bonchev–Trinajstić information content (AvgIpc) is 2.65. The topological polar surface area (TPSA) is 39.9 Å². The van der Waals surface area contributed by atoms with E-state index in [4.69, 9.17) is 18.9 Å². The number of methoxy groups -OCH3 is 4. The molecule has 5 nitrogen and oxygen atoms in total. The first-order chi connectivity index (χ1) is 11.7. The summed E-state index contributed by atoms with van der Waals surface area (Å²) in [7, 11) is 6.60. The Kier molecular flexibility index (Phi) is 4.60. The maximum atomic E-state index is 5.41. The van der Waals surface area contributed by atoms with E-state index in [2.05, 4.69) is 16.9 Å². The van der Waals surface area contributed by atoms with E-state index in [-0.39, 0.29) is 0 Å². The molecule has 3 rings (SSSR count). The molecule has 0 saturated carbocycles. The van der Waals surface area contributed by atoms with Crippen molar-refractivity contribution in [2.45, 2.75) is 6.42 Å². The first-order valence-electron chi connectivity index (χ1n) is 7.78. The lowest BCUT2D eigenvalue weighted by Gasteiger charge is -2.16. The van der Waals surface area contributed by atoms with Gasteiger partial charge in [-0.25, -0.2) is 0 Å². The number of hydrogen-bond donors (Lipinski definition) is 0. The Morgan fingerprint density at radius 2 is 1.38 bits per heavy atom. The molecule has 1 aliphatic heterocycles. The van der Waals surface area contributed by atoms with Gasteiger partial charge < -0.3 is 18.9 Å². The molecule has 0 aliphatic carbocycles. The Bertz CT molecular complexity index is 783. The first kappa shape index (κ1) is 16.2. The fraction of sp³-hybridized carbons (Fsp3) is 0.316. The van der Waals surface area contributed by atoms with Crippen LogP contribution in [0.4, 0.5) is 5.69 Å². The maximum absolute atomic E-state index is 5.41. The van der Waals surface area contributed by atoms with E-state index in [0.29, 0.717) is 0 Å². The second kappa shape index (κ2) is 6.83. The predicted molar refractivity (Wildman–Crippen MR) is 92.7 cm³/mol. The summed E-state index contributed by atoms with van der Waals surface area (Å²) < 4.78 is 23.7. The molecule has 0 aromatic heterocycles. The van der Waals surface area contributed by atoms with Crippen LogP contribution in [0.2, 0.25) is 0 Å². The summed E-state index contributed by atoms with van der Waals surface area (Å²) in [5.74, 6) is 2.96. The van der Waals surface area contributed by atoms with Gasteiger partial charge in [-0.3, -0.25) is 0 Å². The molecule has 0 unspecified atom stereocenters. The van der Waals surface area contributed by atoms with E-state index >= 15 is 0 Å². The van der Waals surface area contributed by atoms with Gasteiger partial charge in [-0.1, -0.05) is 0 Å². The molecule has 1 aliphatic rings. The van der Waals surface area contributed by atoms with Crippen molar-refractivity contribution in [3.63, 3.8) is 0 Å².